The first-order valence-electron chi connectivity index (χ1n) is 5.87. The lowest BCUT2D eigenvalue weighted by Crippen LogP contribution is -2.20. The zero-order valence-electron chi connectivity index (χ0n) is 9.55. The van der Waals surface area contributed by atoms with Crippen LogP contribution in [0.5, 0.6) is 0 Å². The fourth-order valence-electron chi connectivity index (χ4n) is 2.66. The maximum Gasteiger partial charge on any atom is 0.277 e. The Bertz CT molecular complexity index is 885. The number of amides is 1. The highest BCUT2D eigenvalue weighted by Gasteiger charge is 2.12. The van der Waals surface area contributed by atoms with Crippen molar-refractivity contribution in [2.24, 2.45) is 4.99 Å². The second-order valence-corrected chi connectivity index (χ2v) is 4.47. The van der Waals surface area contributed by atoms with Crippen LogP contribution in [0.2, 0.25) is 0 Å². The summed E-state index contributed by atoms with van der Waals surface area (Å²) in [7, 11) is 0. The minimum Gasteiger partial charge on any atom is -0.267 e. The van der Waals surface area contributed by atoms with Gasteiger partial charge in [-0.3, -0.25) is 4.79 Å². The van der Waals surface area contributed by atoms with Gasteiger partial charge >= 0.3 is 0 Å². The van der Waals surface area contributed by atoms with Crippen LogP contribution in [0.4, 0.5) is 0 Å². The van der Waals surface area contributed by atoms with E-state index >= 15 is 0 Å². The predicted octanol–water partition coefficient (Wildman–Crippen LogP) is 1.65. The molecule has 1 aliphatic carbocycles. The van der Waals surface area contributed by atoms with Gasteiger partial charge in [-0.2, -0.15) is 0 Å². The molecule has 0 aromatic heterocycles. The lowest BCUT2D eigenvalue weighted by molar-refractivity contribution is 0.100. The molecular weight excluding hydrogens is 222 g/mol. The predicted molar refractivity (Wildman–Crippen MR) is 74.0 cm³/mol. The summed E-state index contributed by atoms with van der Waals surface area (Å²) >= 11 is 0. The fourth-order valence-corrected chi connectivity index (χ4v) is 2.66. The van der Waals surface area contributed by atoms with E-state index in [4.69, 9.17) is 0 Å². The Morgan fingerprint density at radius 1 is 0.889 bits per heavy atom. The highest BCUT2D eigenvalue weighted by molar-refractivity contribution is 6.12. The van der Waals surface area contributed by atoms with E-state index in [1.165, 1.54) is 16.2 Å². The summed E-state index contributed by atoms with van der Waals surface area (Å²) < 4.78 is 0. The smallest absolute Gasteiger partial charge is 0.267 e. The molecule has 2 aromatic rings. The molecule has 1 aliphatic heterocycles. The Hall–Kier alpha value is -2.48. The SMILES string of the molecule is O=C1N=CC=c2c1ccc1c3c(ccc21)C=CC=3. The van der Waals surface area contributed by atoms with Crippen molar-refractivity contribution in [2.75, 3.05) is 0 Å². The molecule has 0 bridgehead atoms. The summed E-state index contributed by atoms with van der Waals surface area (Å²) in [4.78, 5) is 15.5. The quantitative estimate of drug-likeness (QED) is 0.678. The number of fused-ring (bicyclic) bond motifs is 5. The van der Waals surface area contributed by atoms with Gasteiger partial charge in [0.2, 0.25) is 0 Å². The molecule has 18 heavy (non-hydrogen) atoms. The van der Waals surface area contributed by atoms with Gasteiger partial charge in [0, 0.05) is 11.8 Å². The lowest BCUT2D eigenvalue weighted by Gasteiger charge is -2.07. The summed E-state index contributed by atoms with van der Waals surface area (Å²) in [5.41, 5.74) is 1.93. The van der Waals surface area contributed by atoms with E-state index in [1.54, 1.807) is 6.21 Å². The maximum absolute atomic E-state index is 11.7. The summed E-state index contributed by atoms with van der Waals surface area (Å²) in [5.74, 6) is -0.156. The number of nitrogens with zero attached hydrogens (tertiary/aromatic N) is 1. The molecule has 0 N–H and O–H groups in total. The third kappa shape index (κ3) is 1.12. The van der Waals surface area contributed by atoms with Crippen LogP contribution in [0.3, 0.4) is 0 Å². The second-order valence-electron chi connectivity index (χ2n) is 4.47. The van der Waals surface area contributed by atoms with E-state index in [1.807, 2.05) is 18.2 Å². The van der Waals surface area contributed by atoms with Gasteiger partial charge in [0.15, 0.2) is 0 Å². The zero-order valence-corrected chi connectivity index (χ0v) is 9.55. The molecular formula is C16H9NO. The van der Waals surface area contributed by atoms with Gasteiger partial charge in [-0.1, -0.05) is 36.4 Å². The normalized spacial score (nSPS) is 15.2. The molecule has 1 heterocycles. The average Bonchev–Trinajstić information content (AvgIpc) is 2.87. The molecule has 2 heteroatoms. The number of aliphatic imine (C=N–C) groups is 1. The van der Waals surface area contributed by atoms with E-state index in [0.717, 1.165) is 10.6 Å². The molecule has 0 atom stereocenters. The van der Waals surface area contributed by atoms with Crippen LogP contribution < -0.4 is 10.4 Å². The summed E-state index contributed by atoms with van der Waals surface area (Å²) in [6.45, 7) is 0. The molecule has 2 aliphatic rings. The number of hydrogen-bond donors (Lipinski definition) is 0. The number of carbonyl (C=O) groups is 1. The van der Waals surface area contributed by atoms with Gasteiger partial charge in [0.25, 0.3) is 5.91 Å². The molecule has 0 unspecified atom stereocenters. The van der Waals surface area contributed by atoms with Gasteiger partial charge in [-0.25, -0.2) is 4.99 Å². The molecule has 2 nitrogen and oxygen atoms in total. The molecule has 84 valence electrons. The molecule has 1 amide bonds. The number of hydrogen-bond acceptors (Lipinski definition) is 1. The van der Waals surface area contributed by atoms with Crippen molar-refractivity contribution in [2.45, 2.75) is 0 Å². The topological polar surface area (TPSA) is 29.4 Å². The van der Waals surface area contributed by atoms with Crippen molar-refractivity contribution in [3.05, 3.63) is 51.9 Å². The Morgan fingerprint density at radius 2 is 1.72 bits per heavy atom. The Balaban J connectivity index is 2.26. The van der Waals surface area contributed by atoms with Gasteiger partial charge in [0.1, 0.15) is 0 Å². The van der Waals surface area contributed by atoms with Gasteiger partial charge in [-0.05, 0) is 38.9 Å². The van der Waals surface area contributed by atoms with Crippen LogP contribution in [0.15, 0.2) is 35.3 Å². The maximum atomic E-state index is 11.7. The minimum atomic E-state index is -0.156. The molecule has 0 saturated heterocycles. The third-order valence-electron chi connectivity index (χ3n) is 3.52. The minimum absolute atomic E-state index is 0.156. The van der Waals surface area contributed by atoms with Gasteiger partial charge in [0.05, 0.1) is 0 Å². The number of benzene rings is 2. The van der Waals surface area contributed by atoms with E-state index in [9.17, 15) is 4.79 Å². The van der Waals surface area contributed by atoms with E-state index in [0.29, 0.717) is 5.56 Å². The van der Waals surface area contributed by atoms with Crippen LogP contribution in [0.1, 0.15) is 15.9 Å². The van der Waals surface area contributed by atoms with Gasteiger partial charge < -0.3 is 0 Å². The Labute approximate surface area is 103 Å². The van der Waals surface area contributed by atoms with Crippen molar-refractivity contribution >= 4 is 41.1 Å². The van der Waals surface area contributed by atoms with Crippen LogP contribution >= 0.6 is 0 Å². The molecule has 0 saturated carbocycles. The highest BCUT2D eigenvalue weighted by Crippen LogP contribution is 2.14. The monoisotopic (exact) mass is 231 g/mol. The van der Waals surface area contributed by atoms with E-state index in [2.05, 4.69) is 35.4 Å². The number of allylic oxidation sites excluding steroid dienone is 1. The third-order valence-corrected chi connectivity index (χ3v) is 3.52. The second kappa shape index (κ2) is 3.26. The first-order chi connectivity index (χ1) is 8.84. The first-order valence-corrected chi connectivity index (χ1v) is 5.87. The van der Waals surface area contributed by atoms with Crippen LogP contribution in [-0.4, -0.2) is 12.1 Å². The molecule has 0 radical (unpaired) electrons. The van der Waals surface area contributed by atoms with Crippen molar-refractivity contribution in [3.63, 3.8) is 0 Å². The van der Waals surface area contributed by atoms with Crippen LogP contribution in [0.25, 0.3) is 29.0 Å². The van der Waals surface area contributed by atoms with Crippen molar-refractivity contribution in [3.8, 4) is 0 Å². The van der Waals surface area contributed by atoms with Crippen molar-refractivity contribution < 1.29 is 4.79 Å². The summed E-state index contributed by atoms with van der Waals surface area (Å²) in [5, 5.41) is 4.52. The van der Waals surface area contributed by atoms with Crippen LogP contribution in [-0.2, 0) is 0 Å². The Morgan fingerprint density at radius 3 is 2.67 bits per heavy atom. The first kappa shape index (κ1) is 9.54. The molecule has 0 fully saturated rings. The number of carbonyl (C=O) groups excluding carboxylic acids is 1. The average molecular weight is 231 g/mol. The van der Waals surface area contributed by atoms with E-state index in [-0.39, 0.29) is 5.91 Å². The van der Waals surface area contributed by atoms with Crippen molar-refractivity contribution in [1.82, 2.24) is 0 Å². The largest absolute Gasteiger partial charge is 0.277 e. The molecule has 4 rings (SSSR count). The molecule has 0 spiro atoms. The van der Waals surface area contributed by atoms with Crippen LogP contribution in [0, 0.1) is 0 Å². The number of rotatable bonds is 0. The zero-order chi connectivity index (χ0) is 12.1. The van der Waals surface area contributed by atoms with Gasteiger partial charge in [-0.15, -0.1) is 0 Å². The summed E-state index contributed by atoms with van der Waals surface area (Å²) in [6, 6.07) is 8.07. The standard InChI is InChI=1S/C16H9NO/c18-16-15-7-6-12-11-3-1-2-10(11)4-5-13(12)14(15)8-9-17-16/h1-9H. The lowest BCUT2D eigenvalue weighted by atomic mass is 9.98. The summed E-state index contributed by atoms with van der Waals surface area (Å²) in [6.07, 6.45) is 9.76. The van der Waals surface area contributed by atoms with Crippen molar-refractivity contribution in [1.29, 1.82) is 0 Å². The fraction of sp³-hybridized carbons (Fsp3) is 0. The van der Waals surface area contributed by atoms with E-state index < -0.39 is 0 Å². The Kier molecular flexibility index (Phi) is 1.73. The molecule has 2 aromatic carbocycles. The highest BCUT2D eigenvalue weighted by atomic mass is 16.1.